The summed E-state index contributed by atoms with van der Waals surface area (Å²) in [7, 11) is 1.81. The predicted octanol–water partition coefficient (Wildman–Crippen LogP) is 6.47. The third-order valence-corrected chi connectivity index (χ3v) is 7.04. The van der Waals surface area contributed by atoms with Gasteiger partial charge in [0.25, 0.3) is 0 Å². The van der Waals surface area contributed by atoms with E-state index in [2.05, 4.69) is 0 Å². The zero-order valence-corrected chi connectivity index (χ0v) is 21.8. The number of hydrogen-bond acceptors (Lipinski definition) is 6. The van der Waals surface area contributed by atoms with Gasteiger partial charge in [0, 0.05) is 25.2 Å². The molecule has 210 valence electrons. The molecule has 1 N–H and O–H groups in total. The molecule has 0 saturated carbocycles. The zero-order chi connectivity index (χ0) is 28.3. The monoisotopic (exact) mass is 566 g/mol. The van der Waals surface area contributed by atoms with E-state index in [0.717, 1.165) is 13.0 Å². The van der Waals surface area contributed by atoms with Crippen LogP contribution in [0.25, 0.3) is 0 Å². The van der Waals surface area contributed by atoms with E-state index in [1.165, 1.54) is 49.2 Å². The van der Waals surface area contributed by atoms with E-state index in [0.29, 0.717) is 29.4 Å². The number of ether oxygens (including phenoxy) is 2. The molecule has 0 unspecified atom stereocenters. The van der Waals surface area contributed by atoms with Crippen molar-refractivity contribution in [1.29, 1.82) is 0 Å². The molecule has 0 spiro atoms. The van der Waals surface area contributed by atoms with Gasteiger partial charge in [-0.2, -0.15) is 13.2 Å². The molecule has 2 aliphatic heterocycles. The van der Waals surface area contributed by atoms with Crippen LogP contribution in [0, 0.1) is 11.2 Å². The summed E-state index contributed by atoms with van der Waals surface area (Å²) in [5, 5.41) is 9.41. The number of likely N-dealkylation sites (N-methyl/N-ethyl adjacent to an activating group) is 1. The lowest BCUT2D eigenvalue weighted by Crippen LogP contribution is -2.53. The number of aliphatic carboxylic acids is 1. The molecule has 0 aromatic heterocycles. The third-order valence-electron chi connectivity index (χ3n) is 6.02. The number of carbonyl (C=O) groups is 1. The maximum atomic E-state index is 13.9. The zero-order valence-electron chi connectivity index (χ0n) is 20.9. The number of carboxylic acids is 1. The number of benzene rings is 2. The molecule has 0 aliphatic carbocycles. The van der Waals surface area contributed by atoms with Gasteiger partial charge in [0.05, 0.1) is 29.4 Å². The van der Waals surface area contributed by atoms with Gasteiger partial charge in [-0.25, -0.2) is 17.5 Å². The van der Waals surface area contributed by atoms with Crippen LogP contribution in [0.3, 0.4) is 0 Å². The first-order valence-electron chi connectivity index (χ1n) is 11.6. The van der Waals surface area contributed by atoms with E-state index in [1.807, 2.05) is 11.4 Å². The van der Waals surface area contributed by atoms with Crippen molar-refractivity contribution in [1.82, 2.24) is 4.31 Å². The van der Waals surface area contributed by atoms with Crippen LogP contribution in [0.4, 0.5) is 37.7 Å². The molecule has 1 saturated heterocycles. The minimum Gasteiger partial charge on any atom is -0.492 e. The maximum Gasteiger partial charge on any atom is 0.420 e. The molecule has 0 bridgehead atoms. The normalized spacial score (nSPS) is 17.4. The van der Waals surface area contributed by atoms with Crippen molar-refractivity contribution in [3.63, 3.8) is 0 Å². The number of rotatable bonds is 6. The van der Waals surface area contributed by atoms with Crippen LogP contribution >= 0.6 is 11.9 Å². The van der Waals surface area contributed by atoms with Crippen molar-refractivity contribution in [2.24, 2.45) is 5.41 Å². The van der Waals surface area contributed by atoms with E-state index in [9.17, 15) is 36.2 Å². The Morgan fingerprint density at radius 1 is 1.13 bits per heavy atom. The second-order valence-electron chi connectivity index (χ2n) is 9.18. The smallest absolute Gasteiger partial charge is 0.420 e. The molecule has 13 heteroatoms. The summed E-state index contributed by atoms with van der Waals surface area (Å²) in [5.74, 6) is -4.52. The van der Waals surface area contributed by atoms with E-state index in [-0.39, 0.29) is 19.6 Å². The van der Waals surface area contributed by atoms with Crippen LogP contribution in [0.2, 0.25) is 0 Å². The van der Waals surface area contributed by atoms with Crippen molar-refractivity contribution in [2.45, 2.75) is 37.3 Å². The summed E-state index contributed by atoms with van der Waals surface area (Å²) in [4.78, 5) is 13.7. The Kier molecular flexibility index (Phi) is 9.15. The first-order chi connectivity index (χ1) is 17.6. The molecule has 2 aromatic rings. The average molecular weight is 567 g/mol. The number of fused-ring (bicyclic) bond motifs is 1. The number of hydrogen-bond donors (Lipinski definition) is 1. The van der Waals surface area contributed by atoms with Crippen LogP contribution in [0.15, 0.2) is 41.3 Å². The second-order valence-corrected chi connectivity index (χ2v) is 10.4. The Bertz CT molecular complexity index is 1120. The van der Waals surface area contributed by atoms with Crippen molar-refractivity contribution >= 4 is 29.3 Å². The standard InChI is InChI=1S/C21H20F4N2O4S.C4H8F2/c1-26-6-7-27(14-4-2-13(22)3-5-14)16-8-15(21(23,24)25)17(9-18(16)32-26)31-12-20(19(28)29)10-30-11-20;1-3-4(2,5)6/h2-5,8-9H,6-7,10-12H2,1H3,(H,28,29);3H2,1-2H3. The highest BCUT2D eigenvalue weighted by atomic mass is 32.2. The molecular weight excluding hydrogens is 538 g/mol. The van der Waals surface area contributed by atoms with Crippen LogP contribution in [0.1, 0.15) is 25.8 Å². The number of halogens is 6. The van der Waals surface area contributed by atoms with Crippen LogP contribution in [0.5, 0.6) is 5.75 Å². The minimum atomic E-state index is -4.73. The Morgan fingerprint density at radius 2 is 1.74 bits per heavy atom. The van der Waals surface area contributed by atoms with Crippen molar-refractivity contribution in [2.75, 3.05) is 44.9 Å². The highest BCUT2D eigenvalue weighted by Gasteiger charge is 2.48. The molecule has 2 heterocycles. The fourth-order valence-corrected chi connectivity index (χ4v) is 4.40. The summed E-state index contributed by atoms with van der Waals surface area (Å²) in [6.07, 6.45) is -4.79. The highest BCUT2D eigenvalue weighted by Crippen LogP contribution is 2.47. The van der Waals surface area contributed by atoms with Crippen LogP contribution < -0.4 is 9.64 Å². The number of anilines is 2. The van der Waals surface area contributed by atoms with Gasteiger partial charge < -0.3 is 19.5 Å². The predicted molar refractivity (Wildman–Crippen MR) is 131 cm³/mol. The summed E-state index contributed by atoms with van der Waals surface area (Å²) < 4.78 is 90.4. The molecule has 2 aliphatic rings. The van der Waals surface area contributed by atoms with Gasteiger partial charge in [0.2, 0.25) is 5.92 Å². The van der Waals surface area contributed by atoms with Gasteiger partial charge in [-0.15, -0.1) is 0 Å². The Morgan fingerprint density at radius 3 is 2.21 bits per heavy atom. The number of carboxylic acid groups (broad SMARTS) is 1. The van der Waals surface area contributed by atoms with Gasteiger partial charge in [0.15, 0.2) is 0 Å². The molecule has 38 heavy (non-hydrogen) atoms. The summed E-state index contributed by atoms with van der Waals surface area (Å²) in [5.41, 5.74) is -1.50. The fraction of sp³-hybridized carbons (Fsp3) is 0.480. The number of nitrogens with zero attached hydrogens (tertiary/aromatic N) is 2. The lowest BCUT2D eigenvalue weighted by atomic mass is 9.87. The fourth-order valence-electron chi connectivity index (χ4n) is 3.47. The van der Waals surface area contributed by atoms with Crippen LogP contribution in [-0.2, 0) is 15.7 Å². The van der Waals surface area contributed by atoms with Crippen molar-refractivity contribution in [3.8, 4) is 5.75 Å². The quantitative estimate of drug-likeness (QED) is 0.318. The van der Waals surface area contributed by atoms with Crippen molar-refractivity contribution in [3.05, 3.63) is 47.8 Å². The molecule has 0 amide bonds. The lowest BCUT2D eigenvalue weighted by molar-refractivity contribution is -0.185. The first-order valence-corrected chi connectivity index (χ1v) is 12.4. The first kappa shape index (κ1) is 29.9. The summed E-state index contributed by atoms with van der Waals surface area (Å²) in [6.45, 7) is 2.61. The SMILES string of the molecule is CCC(C)(F)F.CN1CCN(c2ccc(F)cc2)c2cc(C(F)(F)F)c(OCC3(C(=O)O)COC3)cc2S1. The van der Waals surface area contributed by atoms with Gasteiger partial charge in [0.1, 0.15) is 23.6 Å². The van der Waals surface area contributed by atoms with E-state index >= 15 is 0 Å². The van der Waals surface area contributed by atoms with E-state index < -0.39 is 47.2 Å². The van der Waals surface area contributed by atoms with Gasteiger partial charge in [-0.1, -0.05) is 6.92 Å². The Labute approximate surface area is 220 Å². The molecule has 1 fully saturated rings. The van der Waals surface area contributed by atoms with Gasteiger partial charge in [-0.05, 0) is 62.3 Å². The topological polar surface area (TPSA) is 62.2 Å². The number of alkyl halides is 5. The average Bonchev–Trinajstić information content (AvgIpc) is 2.95. The molecule has 0 atom stereocenters. The second kappa shape index (κ2) is 11.6. The van der Waals surface area contributed by atoms with E-state index in [1.54, 1.807) is 4.90 Å². The van der Waals surface area contributed by atoms with Crippen LogP contribution in [-0.4, -0.2) is 61.3 Å². The lowest BCUT2D eigenvalue weighted by Gasteiger charge is -2.37. The van der Waals surface area contributed by atoms with E-state index in [4.69, 9.17) is 9.47 Å². The van der Waals surface area contributed by atoms with Crippen molar-refractivity contribution < 1.29 is 45.7 Å². The third kappa shape index (κ3) is 7.26. The van der Waals surface area contributed by atoms with Gasteiger partial charge >= 0.3 is 12.1 Å². The molecular formula is C25H28F6N2O4S. The minimum absolute atomic E-state index is 0.0625. The highest BCUT2D eigenvalue weighted by molar-refractivity contribution is 7.97. The molecule has 2 aromatic carbocycles. The summed E-state index contributed by atoms with van der Waals surface area (Å²) in [6, 6.07) is 7.83. The molecule has 0 radical (unpaired) electrons. The summed E-state index contributed by atoms with van der Waals surface area (Å²) >= 11 is 1.26. The molecule has 4 rings (SSSR count). The Hall–Kier alpha value is -2.64. The Balaban J connectivity index is 0.000000599. The van der Waals surface area contributed by atoms with Gasteiger partial charge in [-0.3, -0.25) is 4.79 Å². The largest absolute Gasteiger partial charge is 0.492 e. The maximum absolute atomic E-state index is 13.9. The molecule has 6 nitrogen and oxygen atoms in total.